The first-order valence-electron chi connectivity index (χ1n) is 16.6. The molecule has 0 fully saturated rings. The Kier molecular flexibility index (Phi) is 6.50. The highest BCUT2D eigenvalue weighted by Gasteiger charge is 2.39. The number of aromatic nitrogens is 2. The molecule has 0 atom stereocenters. The Bertz CT molecular complexity index is 2740. The van der Waals surface area contributed by atoms with Crippen molar-refractivity contribution in [2.45, 2.75) is 20.8 Å². The molecule has 0 N–H and O–H groups in total. The molecule has 3 heterocycles. The van der Waals surface area contributed by atoms with Crippen LogP contribution in [0.3, 0.4) is 0 Å². The standard InChI is InChI=1S/C43H31BN2O3/c1-26-22-27(2)39(28(3)23-26)44-34-19-11-13-21-38(34)49-43-40(44)42(48)33-24-32-36(25-37(33)46(43)30-16-8-5-9-17-30)45(29-14-6-4-7-15-29)35-20-12-10-18-31(35)41(32)47/h4-25H,1-3H3. The van der Waals surface area contributed by atoms with Gasteiger partial charge in [-0.2, -0.15) is 0 Å². The zero-order valence-electron chi connectivity index (χ0n) is 27.4. The van der Waals surface area contributed by atoms with Crippen molar-refractivity contribution >= 4 is 55.8 Å². The van der Waals surface area contributed by atoms with Gasteiger partial charge in [0.25, 0.3) is 6.71 Å². The second-order valence-electron chi connectivity index (χ2n) is 13.0. The van der Waals surface area contributed by atoms with Crippen molar-refractivity contribution in [2.24, 2.45) is 0 Å². The zero-order chi connectivity index (χ0) is 33.4. The van der Waals surface area contributed by atoms with Crippen LogP contribution in [-0.2, 0) is 0 Å². The number of rotatable bonds is 3. The monoisotopic (exact) mass is 634 g/mol. The summed E-state index contributed by atoms with van der Waals surface area (Å²) in [4.78, 5) is 29.5. The van der Waals surface area contributed by atoms with Crippen LogP contribution in [0.4, 0.5) is 0 Å². The lowest BCUT2D eigenvalue weighted by atomic mass is 9.34. The largest absolute Gasteiger partial charge is 0.441 e. The van der Waals surface area contributed by atoms with E-state index in [1.807, 2.05) is 115 Å². The molecular weight excluding hydrogens is 603 g/mol. The molecule has 1 aliphatic rings. The number of aryl methyl sites for hydroxylation is 3. The van der Waals surface area contributed by atoms with Gasteiger partial charge < -0.3 is 9.30 Å². The number of benzene rings is 6. The van der Waals surface area contributed by atoms with E-state index < -0.39 is 0 Å². The average Bonchev–Trinajstić information content (AvgIpc) is 3.12. The molecular formula is C43H31BN2O3. The molecule has 0 spiro atoms. The van der Waals surface area contributed by atoms with E-state index in [2.05, 4.69) is 48.1 Å². The van der Waals surface area contributed by atoms with E-state index in [0.29, 0.717) is 38.5 Å². The summed E-state index contributed by atoms with van der Waals surface area (Å²) in [6, 6.07) is 43.9. The lowest BCUT2D eigenvalue weighted by Crippen LogP contribution is -2.61. The summed E-state index contributed by atoms with van der Waals surface area (Å²) < 4.78 is 11.0. The Morgan fingerprint density at radius 1 is 0.510 bits per heavy atom. The maximum Gasteiger partial charge on any atom is 0.258 e. The lowest BCUT2D eigenvalue weighted by Gasteiger charge is -2.31. The van der Waals surface area contributed by atoms with E-state index in [0.717, 1.165) is 44.7 Å². The topological polar surface area (TPSA) is 53.2 Å². The predicted octanol–water partition coefficient (Wildman–Crippen LogP) is 7.00. The summed E-state index contributed by atoms with van der Waals surface area (Å²) in [5, 5.41) is 1.56. The Morgan fingerprint density at radius 2 is 1.08 bits per heavy atom. The van der Waals surface area contributed by atoms with E-state index in [1.54, 1.807) is 0 Å². The van der Waals surface area contributed by atoms with Gasteiger partial charge in [0.1, 0.15) is 5.75 Å². The van der Waals surface area contributed by atoms with Crippen LogP contribution in [0.2, 0.25) is 0 Å². The normalized spacial score (nSPS) is 12.3. The Labute approximate surface area is 283 Å². The summed E-state index contributed by atoms with van der Waals surface area (Å²) in [7, 11) is 0. The second-order valence-corrected chi connectivity index (χ2v) is 13.0. The summed E-state index contributed by atoms with van der Waals surface area (Å²) >= 11 is 0. The van der Waals surface area contributed by atoms with Gasteiger partial charge in [0.05, 0.1) is 16.6 Å². The summed E-state index contributed by atoms with van der Waals surface area (Å²) in [5.74, 6) is 1.20. The van der Waals surface area contributed by atoms with Gasteiger partial charge in [-0.05, 0) is 80.8 Å². The minimum absolute atomic E-state index is 0.105. The van der Waals surface area contributed by atoms with E-state index >= 15 is 4.79 Å². The molecule has 49 heavy (non-hydrogen) atoms. The van der Waals surface area contributed by atoms with Crippen molar-refractivity contribution in [1.29, 1.82) is 0 Å². The summed E-state index contributed by atoms with van der Waals surface area (Å²) in [5.41, 5.74) is 9.71. The average molecular weight is 635 g/mol. The van der Waals surface area contributed by atoms with E-state index in [-0.39, 0.29) is 17.6 Å². The molecule has 0 radical (unpaired) electrons. The van der Waals surface area contributed by atoms with Gasteiger partial charge in [-0.15, -0.1) is 0 Å². The third-order valence-corrected chi connectivity index (χ3v) is 9.93. The van der Waals surface area contributed by atoms with Crippen molar-refractivity contribution in [3.05, 3.63) is 171 Å². The Morgan fingerprint density at radius 3 is 1.80 bits per heavy atom. The first kappa shape index (κ1) is 29.0. The SMILES string of the molecule is Cc1cc(C)c(B2c3ccccc3Oc3c2c(=O)c2cc4c(=O)c5ccccc5n(-c5ccccc5)c4cc2n3-c2ccccc2)c(C)c1. The highest BCUT2D eigenvalue weighted by Crippen LogP contribution is 2.33. The van der Waals surface area contributed by atoms with Crippen LogP contribution < -0.4 is 32.0 Å². The highest BCUT2D eigenvalue weighted by molar-refractivity contribution is 6.97. The molecule has 1 aliphatic heterocycles. The molecule has 0 saturated carbocycles. The maximum atomic E-state index is 15.2. The number of pyridine rings is 2. The Hall–Kier alpha value is -6.14. The number of ether oxygens (including phenoxy) is 1. The fourth-order valence-electron chi connectivity index (χ4n) is 7.98. The van der Waals surface area contributed by atoms with E-state index in [4.69, 9.17) is 4.74 Å². The third kappa shape index (κ3) is 4.34. The molecule has 5 nitrogen and oxygen atoms in total. The molecule has 6 heteroatoms. The smallest absolute Gasteiger partial charge is 0.258 e. The van der Waals surface area contributed by atoms with Gasteiger partial charge in [-0.25, -0.2) is 0 Å². The zero-order valence-corrected chi connectivity index (χ0v) is 27.4. The predicted molar refractivity (Wildman–Crippen MR) is 202 cm³/mol. The van der Waals surface area contributed by atoms with Gasteiger partial charge in [-0.3, -0.25) is 14.2 Å². The van der Waals surface area contributed by atoms with Crippen molar-refractivity contribution < 1.29 is 4.74 Å². The van der Waals surface area contributed by atoms with Crippen LogP contribution in [0.25, 0.3) is 44.1 Å². The number of hydrogen-bond donors (Lipinski definition) is 0. The lowest BCUT2D eigenvalue weighted by molar-refractivity contribution is 0.457. The number of fused-ring (bicyclic) bond motifs is 5. The molecule has 0 bridgehead atoms. The molecule has 0 amide bonds. The highest BCUT2D eigenvalue weighted by atomic mass is 16.5. The molecule has 2 aromatic heterocycles. The van der Waals surface area contributed by atoms with Crippen LogP contribution in [0.1, 0.15) is 16.7 Å². The molecule has 234 valence electrons. The number of para-hydroxylation sites is 4. The van der Waals surface area contributed by atoms with Crippen LogP contribution in [-0.4, -0.2) is 15.8 Å². The summed E-state index contributed by atoms with van der Waals surface area (Å²) in [6.45, 7) is 5.96. The van der Waals surface area contributed by atoms with Gasteiger partial charge in [0.15, 0.2) is 10.9 Å². The van der Waals surface area contributed by atoms with Gasteiger partial charge in [0, 0.05) is 33.0 Å². The molecule has 0 aliphatic carbocycles. The van der Waals surface area contributed by atoms with Crippen LogP contribution in [0, 0.1) is 20.8 Å². The van der Waals surface area contributed by atoms with Crippen molar-refractivity contribution in [1.82, 2.24) is 9.13 Å². The minimum Gasteiger partial charge on any atom is -0.441 e. The molecule has 0 unspecified atom stereocenters. The first-order chi connectivity index (χ1) is 23.9. The van der Waals surface area contributed by atoms with Crippen molar-refractivity contribution in [3.63, 3.8) is 0 Å². The first-order valence-corrected chi connectivity index (χ1v) is 16.6. The number of hydrogen-bond acceptors (Lipinski definition) is 3. The second kappa shape index (κ2) is 11.0. The third-order valence-electron chi connectivity index (χ3n) is 9.93. The van der Waals surface area contributed by atoms with Crippen LogP contribution in [0.5, 0.6) is 11.6 Å². The van der Waals surface area contributed by atoms with Gasteiger partial charge >= 0.3 is 0 Å². The maximum absolute atomic E-state index is 15.2. The van der Waals surface area contributed by atoms with Gasteiger partial charge in [-0.1, -0.05) is 101 Å². The van der Waals surface area contributed by atoms with Crippen molar-refractivity contribution in [2.75, 3.05) is 0 Å². The fourth-order valence-corrected chi connectivity index (χ4v) is 7.98. The molecule has 6 aromatic carbocycles. The molecule has 8 aromatic rings. The van der Waals surface area contributed by atoms with Crippen LogP contribution >= 0.6 is 0 Å². The minimum atomic E-state index is -0.374. The van der Waals surface area contributed by atoms with Crippen LogP contribution in [0.15, 0.2) is 143 Å². The summed E-state index contributed by atoms with van der Waals surface area (Å²) in [6.07, 6.45) is 0. The Balaban J connectivity index is 1.50. The molecule has 9 rings (SSSR count). The fraction of sp³-hybridized carbons (Fsp3) is 0.0698. The van der Waals surface area contributed by atoms with Gasteiger partial charge in [0.2, 0.25) is 5.88 Å². The van der Waals surface area contributed by atoms with E-state index in [1.165, 1.54) is 5.56 Å². The van der Waals surface area contributed by atoms with Crippen molar-refractivity contribution in [3.8, 4) is 23.0 Å². The van der Waals surface area contributed by atoms with E-state index in [9.17, 15) is 4.79 Å². The number of nitrogens with zero attached hydrogens (tertiary/aromatic N) is 2. The quantitative estimate of drug-likeness (QED) is 0.156. The molecule has 0 saturated heterocycles.